The number of hydrogen-bond donors (Lipinski definition) is 0. The molecule has 0 spiro atoms. The molecule has 7 aromatic carbocycles. The standard InChI is InChI=1S/C59H73N3Si3/c1-19-58(6,7)56-60-55(61-57(62-56)59(8,9)20-2)52-35-51(44-26-23-41(33-38(44)5)65(16,17)18)47-28-27-45-49(42-24-21-39(31-36(42)3)63(10,11)12)34-50(46-29-30-48(52)54(47)53(45)46)43-25-22-40(32-37(43)4)64(13,14)15/h21-35H,19-20H2,1-18H3. The minimum absolute atomic E-state index is 0.221. The molecule has 0 amide bonds. The largest absolute Gasteiger partial charge is 0.217 e. The molecule has 0 aliphatic heterocycles. The maximum atomic E-state index is 5.48. The van der Waals surface area contributed by atoms with Crippen LogP contribution in [-0.4, -0.2) is 39.2 Å². The van der Waals surface area contributed by atoms with E-state index >= 15 is 0 Å². The molecule has 336 valence electrons. The van der Waals surface area contributed by atoms with E-state index in [1.54, 1.807) is 0 Å². The van der Waals surface area contributed by atoms with E-state index in [2.05, 4.69) is 212 Å². The van der Waals surface area contributed by atoms with Crippen molar-refractivity contribution in [3.8, 4) is 44.8 Å². The molecule has 1 aromatic heterocycles. The van der Waals surface area contributed by atoms with Gasteiger partial charge in [-0.1, -0.05) is 195 Å². The molecule has 0 saturated heterocycles. The number of hydrogen-bond acceptors (Lipinski definition) is 3. The van der Waals surface area contributed by atoms with Crippen LogP contribution in [0.2, 0.25) is 58.9 Å². The maximum Gasteiger partial charge on any atom is 0.164 e. The van der Waals surface area contributed by atoms with Crippen LogP contribution in [0.1, 0.15) is 82.7 Å². The van der Waals surface area contributed by atoms with Crippen LogP contribution >= 0.6 is 0 Å². The van der Waals surface area contributed by atoms with Crippen molar-refractivity contribution < 1.29 is 0 Å². The molecular weight excluding hydrogens is 835 g/mol. The van der Waals surface area contributed by atoms with E-state index in [1.807, 2.05) is 0 Å². The lowest BCUT2D eigenvalue weighted by Gasteiger charge is -2.27. The van der Waals surface area contributed by atoms with Gasteiger partial charge in [-0.15, -0.1) is 0 Å². The Balaban J connectivity index is 1.58. The second-order valence-electron chi connectivity index (χ2n) is 23.6. The first-order chi connectivity index (χ1) is 30.2. The minimum Gasteiger partial charge on any atom is -0.217 e. The summed E-state index contributed by atoms with van der Waals surface area (Å²) in [7, 11) is -4.61. The smallest absolute Gasteiger partial charge is 0.164 e. The van der Waals surface area contributed by atoms with Gasteiger partial charge in [-0.2, -0.15) is 0 Å². The normalized spacial score (nSPS) is 13.2. The van der Waals surface area contributed by atoms with E-state index in [0.717, 1.165) is 35.9 Å². The molecule has 0 saturated carbocycles. The number of benzene rings is 7. The molecule has 0 N–H and O–H groups in total. The zero-order valence-corrected chi connectivity index (χ0v) is 45.9. The van der Waals surface area contributed by atoms with E-state index in [-0.39, 0.29) is 10.8 Å². The maximum absolute atomic E-state index is 5.48. The number of aromatic nitrogens is 3. The van der Waals surface area contributed by atoms with Gasteiger partial charge in [0.05, 0.1) is 24.2 Å². The first-order valence-electron chi connectivity index (χ1n) is 24.2. The third kappa shape index (κ3) is 8.37. The van der Waals surface area contributed by atoms with E-state index < -0.39 is 24.2 Å². The van der Waals surface area contributed by atoms with Gasteiger partial charge in [-0.25, -0.2) is 15.0 Å². The summed E-state index contributed by atoms with van der Waals surface area (Å²) in [5.74, 6) is 2.49. The second-order valence-corrected chi connectivity index (χ2v) is 38.9. The van der Waals surface area contributed by atoms with Gasteiger partial charge in [0, 0.05) is 16.4 Å². The van der Waals surface area contributed by atoms with Crippen molar-refractivity contribution in [1.82, 2.24) is 15.0 Å². The number of nitrogens with zero attached hydrogens (tertiary/aromatic N) is 3. The Morgan fingerprint density at radius 2 is 0.662 bits per heavy atom. The average Bonchev–Trinajstić information content (AvgIpc) is 3.24. The van der Waals surface area contributed by atoms with E-state index in [9.17, 15) is 0 Å². The first-order valence-corrected chi connectivity index (χ1v) is 34.7. The lowest BCUT2D eigenvalue weighted by molar-refractivity contribution is 0.434. The minimum atomic E-state index is -1.55. The predicted molar refractivity (Wildman–Crippen MR) is 295 cm³/mol. The SMILES string of the molecule is CCC(C)(C)c1nc(-c2cc(-c3ccc([Si](C)(C)C)cc3C)c3ccc4c(-c5ccc([Si](C)(C)C)cc5C)cc(-c5ccc([Si](C)(C)C)cc5C)c5ccc2c3c54)nc(C(C)(C)CC)n1. The Labute approximate surface area is 394 Å². The quantitative estimate of drug-likeness (QED) is 0.0959. The Hall–Kier alpha value is -4.76. The highest BCUT2D eigenvalue weighted by Gasteiger charge is 2.31. The predicted octanol–water partition coefficient (Wildman–Crippen LogP) is 15.4. The molecule has 0 aliphatic carbocycles. The highest BCUT2D eigenvalue weighted by molar-refractivity contribution is 6.89. The van der Waals surface area contributed by atoms with Gasteiger partial charge in [-0.3, -0.25) is 0 Å². The summed E-state index contributed by atoms with van der Waals surface area (Å²) in [5.41, 5.74) is 12.3. The van der Waals surface area contributed by atoms with Crippen LogP contribution in [0.3, 0.4) is 0 Å². The fourth-order valence-electron chi connectivity index (χ4n) is 9.56. The topological polar surface area (TPSA) is 38.7 Å². The Bertz CT molecular complexity index is 3040. The highest BCUT2D eigenvalue weighted by Crippen LogP contribution is 2.49. The summed E-state index contributed by atoms with van der Waals surface area (Å²) in [5, 5.41) is 12.1. The molecule has 0 aliphatic rings. The van der Waals surface area contributed by atoms with Gasteiger partial charge in [-0.05, 0) is 128 Å². The van der Waals surface area contributed by atoms with Gasteiger partial charge in [0.25, 0.3) is 0 Å². The molecule has 0 bridgehead atoms. The molecule has 8 rings (SSSR count). The number of rotatable bonds is 11. The van der Waals surface area contributed by atoms with Crippen molar-refractivity contribution in [3.63, 3.8) is 0 Å². The molecular formula is C59H73N3Si3. The van der Waals surface area contributed by atoms with Gasteiger partial charge < -0.3 is 0 Å². The summed E-state index contributed by atoms with van der Waals surface area (Å²) in [6.45, 7) is 42.5. The van der Waals surface area contributed by atoms with Crippen LogP contribution in [-0.2, 0) is 10.8 Å². The molecule has 1 heterocycles. The van der Waals surface area contributed by atoms with Crippen molar-refractivity contribution in [2.24, 2.45) is 0 Å². The summed E-state index contributed by atoms with van der Waals surface area (Å²) >= 11 is 0. The zero-order chi connectivity index (χ0) is 47.3. The van der Waals surface area contributed by atoms with Crippen molar-refractivity contribution in [3.05, 3.63) is 119 Å². The van der Waals surface area contributed by atoms with Crippen molar-refractivity contribution >= 4 is 72.1 Å². The van der Waals surface area contributed by atoms with E-state index in [0.29, 0.717) is 0 Å². The van der Waals surface area contributed by atoms with Crippen LogP contribution < -0.4 is 15.6 Å². The van der Waals surface area contributed by atoms with E-state index in [4.69, 9.17) is 15.0 Å². The third-order valence-corrected chi connectivity index (χ3v) is 21.0. The lowest BCUT2D eigenvalue weighted by atomic mass is 9.81. The Morgan fingerprint density at radius 1 is 0.369 bits per heavy atom. The fraction of sp³-hybridized carbons (Fsp3) is 0.373. The van der Waals surface area contributed by atoms with Crippen LogP contribution in [0.15, 0.2) is 91.0 Å². The summed E-state index contributed by atoms with van der Waals surface area (Å²) < 4.78 is 0. The Morgan fingerprint density at radius 3 is 0.938 bits per heavy atom. The van der Waals surface area contributed by atoms with Crippen molar-refractivity contribution in [1.29, 1.82) is 0 Å². The average molecular weight is 909 g/mol. The van der Waals surface area contributed by atoms with Crippen LogP contribution in [0, 0.1) is 20.8 Å². The molecule has 0 fully saturated rings. The Kier molecular flexibility index (Phi) is 11.7. The van der Waals surface area contributed by atoms with E-state index in [1.165, 1.54) is 97.9 Å². The van der Waals surface area contributed by atoms with Gasteiger partial charge in [0.2, 0.25) is 0 Å². The molecule has 65 heavy (non-hydrogen) atoms. The molecule has 8 aromatic rings. The van der Waals surface area contributed by atoms with Crippen LogP contribution in [0.5, 0.6) is 0 Å². The molecule has 6 heteroatoms. The van der Waals surface area contributed by atoms with Crippen molar-refractivity contribution in [2.45, 2.75) is 145 Å². The van der Waals surface area contributed by atoms with Gasteiger partial charge in [0.1, 0.15) is 11.6 Å². The summed E-state index contributed by atoms with van der Waals surface area (Å²) in [4.78, 5) is 16.2. The van der Waals surface area contributed by atoms with Gasteiger partial charge >= 0.3 is 0 Å². The molecule has 0 unspecified atom stereocenters. The first kappa shape index (κ1) is 46.8. The summed E-state index contributed by atoms with van der Waals surface area (Å²) in [6.07, 6.45) is 1.86. The third-order valence-electron chi connectivity index (χ3n) is 14.9. The van der Waals surface area contributed by atoms with Gasteiger partial charge in [0.15, 0.2) is 5.82 Å². The van der Waals surface area contributed by atoms with Crippen LogP contribution in [0.4, 0.5) is 0 Å². The van der Waals surface area contributed by atoms with Crippen LogP contribution in [0.25, 0.3) is 77.1 Å². The zero-order valence-electron chi connectivity index (χ0n) is 42.9. The second kappa shape index (κ2) is 16.2. The molecule has 3 nitrogen and oxygen atoms in total. The monoisotopic (exact) mass is 908 g/mol. The highest BCUT2D eigenvalue weighted by atomic mass is 28.3. The molecule has 0 radical (unpaired) electrons. The molecule has 0 atom stereocenters. The fourth-order valence-corrected chi connectivity index (χ4v) is 13.3. The lowest BCUT2D eigenvalue weighted by Crippen LogP contribution is -2.37. The van der Waals surface area contributed by atoms with Crippen molar-refractivity contribution in [2.75, 3.05) is 0 Å². The summed E-state index contributed by atoms with van der Waals surface area (Å²) in [6, 6.07) is 36.4. The number of aryl methyl sites for hydroxylation is 3.